The number of hydrogen-bond acceptors (Lipinski definition) is 4. The minimum absolute atomic E-state index is 0.202. The SMILES string of the molecule is Cc1csc(-c2cnc(N)o2)c1Br. The Bertz CT molecular complexity index is 435. The van der Waals surface area contributed by atoms with Crippen LogP contribution in [-0.4, -0.2) is 4.98 Å². The summed E-state index contributed by atoms with van der Waals surface area (Å²) in [5.41, 5.74) is 6.57. The summed E-state index contributed by atoms with van der Waals surface area (Å²) in [5.74, 6) is 0.711. The first-order valence-electron chi connectivity index (χ1n) is 3.63. The van der Waals surface area contributed by atoms with Crippen molar-refractivity contribution in [2.24, 2.45) is 0 Å². The lowest BCUT2D eigenvalue weighted by Gasteiger charge is -1.91. The Morgan fingerprint density at radius 3 is 2.85 bits per heavy atom. The van der Waals surface area contributed by atoms with Gasteiger partial charge in [0, 0.05) is 4.47 Å². The molecule has 0 unspecified atom stereocenters. The molecule has 0 aliphatic heterocycles. The number of nitrogens with two attached hydrogens (primary N) is 1. The molecule has 2 aromatic heterocycles. The van der Waals surface area contributed by atoms with Crippen molar-refractivity contribution in [3.8, 4) is 10.6 Å². The first-order valence-corrected chi connectivity index (χ1v) is 5.31. The molecule has 0 amide bonds. The number of aryl methyl sites for hydroxylation is 1. The second kappa shape index (κ2) is 3.16. The zero-order valence-corrected chi connectivity index (χ0v) is 9.28. The Labute approximate surface area is 87.7 Å². The highest BCUT2D eigenvalue weighted by molar-refractivity contribution is 9.10. The number of nitrogen functional groups attached to an aromatic ring is 1. The Balaban J connectivity index is 2.52. The quantitative estimate of drug-likeness (QED) is 0.856. The minimum atomic E-state index is 0.202. The van der Waals surface area contributed by atoms with Gasteiger partial charge < -0.3 is 10.2 Å². The highest BCUT2D eigenvalue weighted by atomic mass is 79.9. The van der Waals surface area contributed by atoms with Crippen LogP contribution in [0, 0.1) is 6.92 Å². The molecular formula is C8H7BrN2OS. The Kier molecular flexibility index (Phi) is 2.13. The molecule has 0 aliphatic carbocycles. The highest BCUT2D eigenvalue weighted by Gasteiger charge is 2.11. The normalized spacial score (nSPS) is 10.6. The van der Waals surface area contributed by atoms with Crippen LogP contribution in [0.1, 0.15) is 5.56 Å². The van der Waals surface area contributed by atoms with Crippen molar-refractivity contribution in [2.45, 2.75) is 6.92 Å². The summed E-state index contributed by atoms with van der Waals surface area (Å²) in [4.78, 5) is 4.87. The number of halogens is 1. The summed E-state index contributed by atoms with van der Waals surface area (Å²) in [5, 5.41) is 2.05. The molecule has 68 valence electrons. The van der Waals surface area contributed by atoms with Gasteiger partial charge in [0.05, 0.1) is 11.1 Å². The number of anilines is 1. The maximum Gasteiger partial charge on any atom is 0.292 e. The van der Waals surface area contributed by atoms with Crippen molar-refractivity contribution in [3.63, 3.8) is 0 Å². The van der Waals surface area contributed by atoms with E-state index in [4.69, 9.17) is 10.2 Å². The van der Waals surface area contributed by atoms with Gasteiger partial charge in [-0.2, -0.15) is 0 Å². The van der Waals surface area contributed by atoms with E-state index in [1.54, 1.807) is 17.5 Å². The fourth-order valence-corrected chi connectivity index (χ4v) is 2.62. The average molecular weight is 259 g/mol. The van der Waals surface area contributed by atoms with E-state index in [9.17, 15) is 0 Å². The van der Waals surface area contributed by atoms with Crippen LogP contribution >= 0.6 is 27.3 Å². The summed E-state index contributed by atoms with van der Waals surface area (Å²) >= 11 is 5.08. The van der Waals surface area contributed by atoms with Crippen molar-refractivity contribution in [2.75, 3.05) is 5.73 Å². The van der Waals surface area contributed by atoms with Crippen molar-refractivity contribution >= 4 is 33.3 Å². The molecular weight excluding hydrogens is 252 g/mol. The molecule has 0 bridgehead atoms. The third kappa shape index (κ3) is 1.49. The first kappa shape index (κ1) is 8.77. The minimum Gasteiger partial charge on any atom is -0.423 e. The predicted octanol–water partition coefficient (Wildman–Crippen LogP) is 3.06. The fourth-order valence-electron chi connectivity index (χ4n) is 0.989. The summed E-state index contributed by atoms with van der Waals surface area (Å²) in [6.45, 7) is 2.03. The van der Waals surface area contributed by atoms with Gasteiger partial charge in [-0.15, -0.1) is 11.3 Å². The van der Waals surface area contributed by atoms with Gasteiger partial charge in [-0.05, 0) is 33.8 Å². The first-order chi connectivity index (χ1) is 6.18. The Hall–Kier alpha value is -0.810. The van der Waals surface area contributed by atoms with Crippen LogP contribution in [0.4, 0.5) is 6.01 Å². The third-order valence-electron chi connectivity index (χ3n) is 1.65. The van der Waals surface area contributed by atoms with Crippen LogP contribution in [0.15, 0.2) is 20.5 Å². The van der Waals surface area contributed by atoms with Gasteiger partial charge in [0.25, 0.3) is 6.01 Å². The molecule has 5 heteroatoms. The van der Waals surface area contributed by atoms with Gasteiger partial charge in [-0.1, -0.05) is 0 Å². The van der Waals surface area contributed by atoms with E-state index < -0.39 is 0 Å². The fraction of sp³-hybridized carbons (Fsp3) is 0.125. The van der Waals surface area contributed by atoms with Gasteiger partial charge in [-0.3, -0.25) is 0 Å². The van der Waals surface area contributed by atoms with Crippen LogP contribution in [0.5, 0.6) is 0 Å². The van der Waals surface area contributed by atoms with Crippen molar-refractivity contribution < 1.29 is 4.42 Å². The molecule has 0 saturated carbocycles. The molecule has 0 aromatic carbocycles. The van der Waals surface area contributed by atoms with Crippen molar-refractivity contribution in [1.29, 1.82) is 0 Å². The third-order valence-corrected chi connectivity index (χ3v) is 4.04. The van der Waals surface area contributed by atoms with Crippen LogP contribution < -0.4 is 5.73 Å². The van der Waals surface area contributed by atoms with E-state index in [0.29, 0.717) is 5.76 Å². The second-order valence-corrected chi connectivity index (χ2v) is 4.30. The molecule has 2 rings (SSSR count). The molecule has 2 N–H and O–H groups in total. The molecule has 0 fully saturated rings. The molecule has 2 aromatic rings. The summed E-state index contributed by atoms with van der Waals surface area (Å²) < 4.78 is 6.26. The van der Waals surface area contributed by atoms with E-state index in [1.165, 1.54) is 5.56 Å². The van der Waals surface area contributed by atoms with E-state index in [1.807, 2.05) is 6.92 Å². The second-order valence-electron chi connectivity index (χ2n) is 2.62. The monoisotopic (exact) mass is 258 g/mol. The summed E-state index contributed by atoms with van der Waals surface area (Å²) in [7, 11) is 0. The summed E-state index contributed by atoms with van der Waals surface area (Å²) in [6.07, 6.45) is 1.63. The molecule has 13 heavy (non-hydrogen) atoms. The molecule has 2 heterocycles. The lowest BCUT2D eigenvalue weighted by molar-refractivity contribution is 0.596. The summed E-state index contributed by atoms with van der Waals surface area (Å²) in [6, 6.07) is 0.202. The maximum absolute atomic E-state index is 5.38. The maximum atomic E-state index is 5.38. The molecule has 0 radical (unpaired) electrons. The molecule has 0 spiro atoms. The van der Waals surface area contributed by atoms with E-state index >= 15 is 0 Å². The lowest BCUT2D eigenvalue weighted by Crippen LogP contribution is -1.79. The van der Waals surface area contributed by atoms with E-state index in [0.717, 1.165) is 9.35 Å². The number of hydrogen-bond donors (Lipinski definition) is 1. The Morgan fingerprint density at radius 1 is 1.62 bits per heavy atom. The average Bonchev–Trinajstić information content (AvgIpc) is 2.62. The largest absolute Gasteiger partial charge is 0.423 e. The van der Waals surface area contributed by atoms with Crippen LogP contribution in [0.3, 0.4) is 0 Å². The lowest BCUT2D eigenvalue weighted by atomic mass is 10.3. The Morgan fingerprint density at radius 2 is 2.38 bits per heavy atom. The molecule has 0 atom stereocenters. The van der Waals surface area contributed by atoms with Crippen molar-refractivity contribution in [3.05, 3.63) is 21.6 Å². The number of rotatable bonds is 1. The van der Waals surface area contributed by atoms with Crippen LogP contribution in [-0.2, 0) is 0 Å². The number of thiophene rings is 1. The van der Waals surface area contributed by atoms with E-state index in [-0.39, 0.29) is 6.01 Å². The molecule has 0 aliphatic rings. The van der Waals surface area contributed by atoms with Gasteiger partial charge >= 0.3 is 0 Å². The van der Waals surface area contributed by atoms with Crippen molar-refractivity contribution in [1.82, 2.24) is 4.98 Å². The topological polar surface area (TPSA) is 52.0 Å². The predicted molar refractivity (Wildman–Crippen MR) is 56.7 cm³/mol. The van der Waals surface area contributed by atoms with Crippen LogP contribution in [0.25, 0.3) is 10.6 Å². The highest BCUT2D eigenvalue weighted by Crippen LogP contribution is 2.36. The number of oxazole rings is 1. The van der Waals surface area contributed by atoms with Gasteiger partial charge in [0.1, 0.15) is 0 Å². The zero-order chi connectivity index (χ0) is 9.42. The van der Waals surface area contributed by atoms with Gasteiger partial charge in [0.2, 0.25) is 0 Å². The molecule has 3 nitrogen and oxygen atoms in total. The smallest absolute Gasteiger partial charge is 0.292 e. The zero-order valence-electron chi connectivity index (χ0n) is 6.87. The number of nitrogens with zero attached hydrogens (tertiary/aromatic N) is 1. The van der Waals surface area contributed by atoms with E-state index in [2.05, 4.69) is 26.3 Å². The van der Waals surface area contributed by atoms with Crippen LogP contribution in [0.2, 0.25) is 0 Å². The standard InChI is InChI=1S/C8H7BrN2OS/c1-4-3-13-7(6(4)9)5-2-11-8(10)12-5/h2-3H,1H3,(H2,10,11). The van der Waals surface area contributed by atoms with Gasteiger partial charge in [0.15, 0.2) is 5.76 Å². The number of aromatic nitrogens is 1. The molecule has 0 saturated heterocycles. The van der Waals surface area contributed by atoms with Gasteiger partial charge in [-0.25, -0.2) is 4.98 Å².